The minimum atomic E-state index is -0.739. The van der Waals surface area contributed by atoms with E-state index in [0.29, 0.717) is 6.54 Å². The van der Waals surface area contributed by atoms with Crippen molar-refractivity contribution in [2.45, 2.75) is 44.6 Å². The van der Waals surface area contributed by atoms with Crippen LogP contribution in [0.1, 0.15) is 37.7 Å². The van der Waals surface area contributed by atoms with Gasteiger partial charge in [0.2, 0.25) is 11.8 Å². The lowest BCUT2D eigenvalue weighted by atomic mass is 9.98. The first-order valence-electron chi connectivity index (χ1n) is 7.54. The Bertz CT molecular complexity index is 569. The molecule has 6 heteroatoms. The molecule has 1 aliphatic carbocycles. The minimum absolute atomic E-state index is 0.126. The number of carbonyl (C=O) groups excluding carboxylic acids is 2. The highest BCUT2D eigenvalue weighted by molar-refractivity contribution is 9.10. The first kappa shape index (κ1) is 17.0. The summed E-state index contributed by atoms with van der Waals surface area (Å²) in [6.45, 7) is 2.23. The van der Waals surface area contributed by atoms with E-state index in [1.165, 1.54) is 0 Å². The van der Waals surface area contributed by atoms with Crippen LogP contribution < -0.4 is 16.4 Å². The molecular weight excluding hydrogens is 346 g/mol. The zero-order valence-corrected chi connectivity index (χ0v) is 14.3. The number of nitrogens with two attached hydrogens (primary N) is 1. The molecule has 1 aromatic rings. The van der Waals surface area contributed by atoms with Gasteiger partial charge in [-0.05, 0) is 37.5 Å². The molecule has 120 valence electrons. The summed E-state index contributed by atoms with van der Waals surface area (Å²) in [7, 11) is 0. The minimum Gasteiger partial charge on any atom is -0.354 e. The van der Waals surface area contributed by atoms with Crippen LogP contribution in [0.3, 0.4) is 0 Å². The summed E-state index contributed by atoms with van der Waals surface area (Å²) in [5, 5.41) is 5.63. The normalized spacial score (nSPS) is 16.3. The topological polar surface area (TPSA) is 84.2 Å². The van der Waals surface area contributed by atoms with Gasteiger partial charge in [-0.15, -0.1) is 0 Å². The average molecular weight is 368 g/mol. The second-order valence-corrected chi connectivity index (χ2v) is 6.79. The molecule has 0 aliphatic heterocycles. The maximum atomic E-state index is 12.0. The van der Waals surface area contributed by atoms with Gasteiger partial charge in [0.25, 0.3) is 0 Å². The molecule has 0 radical (unpaired) electrons. The summed E-state index contributed by atoms with van der Waals surface area (Å²) >= 11 is 3.38. The molecule has 4 N–H and O–H groups in total. The van der Waals surface area contributed by atoms with Gasteiger partial charge in [0, 0.05) is 23.1 Å². The highest BCUT2D eigenvalue weighted by atomic mass is 79.9. The molecule has 1 aliphatic rings. The number of carbonyl (C=O) groups is 2. The Kier molecular flexibility index (Phi) is 5.58. The highest BCUT2D eigenvalue weighted by Crippen LogP contribution is 2.27. The van der Waals surface area contributed by atoms with E-state index < -0.39 is 5.54 Å². The summed E-state index contributed by atoms with van der Waals surface area (Å²) in [5.74, 6) is -0.268. The Balaban J connectivity index is 1.78. The molecule has 0 saturated heterocycles. The molecule has 5 nitrogen and oxygen atoms in total. The van der Waals surface area contributed by atoms with E-state index in [4.69, 9.17) is 5.73 Å². The van der Waals surface area contributed by atoms with Gasteiger partial charge in [0.15, 0.2) is 0 Å². The van der Waals surface area contributed by atoms with Crippen molar-refractivity contribution in [1.29, 1.82) is 0 Å². The molecule has 2 rings (SSSR count). The van der Waals surface area contributed by atoms with Crippen LogP contribution in [0.2, 0.25) is 0 Å². The fourth-order valence-corrected chi connectivity index (χ4v) is 3.00. The number of hydrogen-bond acceptors (Lipinski definition) is 3. The van der Waals surface area contributed by atoms with E-state index in [1.54, 1.807) is 0 Å². The molecular formula is C16H22BrN3O2. The van der Waals surface area contributed by atoms with Crippen LogP contribution in [0.5, 0.6) is 0 Å². The Labute approximate surface area is 139 Å². The van der Waals surface area contributed by atoms with Crippen molar-refractivity contribution in [3.05, 3.63) is 28.2 Å². The number of anilines is 1. The molecule has 0 bridgehead atoms. The Morgan fingerprint density at radius 2 is 2.00 bits per heavy atom. The molecule has 2 amide bonds. The van der Waals surface area contributed by atoms with Gasteiger partial charge in [-0.25, -0.2) is 0 Å². The fourth-order valence-electron chi connectivity index (χ4n) is 2.64. The summed E-state index contributed by atoms with van der Waals surface area (Å²) < 4.78 is 0.910. The van der Waals surface area contributed by atoms with E-state index in [2.05, 4.69) is 26.6 Å². The van der Waals surface area contributed by atoms with Crippen LogP contribution >= 0.6 is 15.9 Å². The van der Waals surface area contributed by atoms with Crippen molar-refractivity contribution in [3.63, 3.8) is 0 Å². The number of rotatable bonds is 5. The Morgan fingerprint density at radius 3 is 2.68 bits per heavy atom. The van der Waals surface area contributed by atoms with E-state index in [1.807, 2.05) is 25.1 Å². The molecule has 1 saturated carbocycles. The van der Waals surface area contributed by atoms with Crippen molar-refractivity contribution in [3.8, 4) is 0 Å². The SMILES string of the molecule is Cc1ccc(Br)cc1NC(=O)CCNC(=O)C1(N)CCCC1. The number of halogens is 1. The zero-order chi connectivity index (χ0) is 16.2. The van der Waals surface area contributed by atoms with Crippen LogP contribution in [0, 0.1) is 6.92 Å². The molecule has 22 heavy (non-hydrogen) atoms. The van der Waals surface area contributed by atoms with Crippen molar-refractivity contribution in [2.75, 3.05) is 11.9 Å². The predicted octanol–water partition coefficient (Wildman–Crippen LogP) is 2.47. The number of benzene rings is 1. The van der Waals surface area contributed by atoms with Crippen molar-refractivity contribution >= 4 is 33.4 Å². The number of nitrogens with one attached hydrogen (secondary N) is 2. The molecule has 0 heterocycles. The van der Waals surface area contributed by atoms with E-state index >= 15 is 0 Å². The van der Waals surface area contributed by atoms with Gasteiger partial charge >= 0.3 is 0 Å². The monoisotopic (exact) mass is 367 g/mol. The Hall–Kier alpha value is -1.40. The third-order valence-electron chi connectivity index (χ3n) is 4.06. The average Bonchev–Trinajstić information content (AvgIpc) is 2.91. The van der Waals surface area contributed by atoms with E-state index in [0.717, 1.165) is 41.4 Å². The molecule has 0 spiro atoms. The van der Waals surface area contributed by atoms with Gasteiger partial charge in [0.05, 0.1) is 5.54 Å². The number of aryl methyl sites for hydroxylation is 1. The third-order valence-corrected chi connectivity index (χ3v) is 4.55. The smallest absolute Gasteiger partial charge is 0.240 e. The van der Waals surface area contributed by atoms with E-state index in [9.17, 15) is 9.59 Å². The molecule has 1 aromatic carbocycles. The van der Waals surface area contributed by atoms with Gasteiger partial charge in [0.1, 0.15) is 0 Å². The van der Waals surface area contributed by atoms with Crippen molar-refractivity contribution < 1.29 is 9.59 Å². The zero-order valence-electron chi connectivity index (χ0n) is 12.7. The van der Waals surface area contributed by atoms with Gasteiger partial charge in [-0.3, -0.25) is 9.59 Å². The van der Waals surface area contributed by atoms with Crippen LogP contribution in [0.25, 0.3) is 0 Å². The van der Waals surface area contributed by atoms with Crippen LogP contribution in [0.4, 0.5) is 5.69 Å². The summed E-state index contributed by atoms with van der Waals surface area (Å²) in [5.41, 5.74) is 7.09. The fraction of sp³-hybridized carbons (Fsp3) is 0.500. The summed E-state index contributed by atoms with van der Waals surface area (Å²) in [6.07, 6.45) is 3.66. The van der Waals surface area contributed by atoms with Crippen LogP contribution in [-0.4, -0.2) is 23.9 Å². The lowest BCUT2D eigenvalue weighted by Gasteiger charge is -2.22. The lowest BCUT2D eigenvalue weighted by molar-refractivity contribution is -0.126. The van der Waals surface area contributed by atoms with Crippen LogP contribution in [-0.2, 0) is 9.59 Å². The second-order valence-electron chi connectivity index (χ2n) is 5.88. The van der Waals surface area contributed by atoms with E-state index in [-0.39, 0.29) is 18.2 Å². The van der Waals surface area contributed by atoms with Gasteiger partial charge in [-0.1, -0.05) is 34.8 Å². The third kappa shape index (κ3) is 4.30. The Morgan fingerprint density at radius 1 is 1.32 bits per heavy atom. The first-order valence-corrected chi connectivity index (χ1v) is 8.33. The number of hydrogen-bond donors (Lipinski definition) is 3. The predicted molar refractivity (Wildman–Crippen MR) is 90.5 cm³/mol. The summed E-state index contributed by atoms with van der Waals surface area (Å²) in [4.78, 5) is 24.0. The first-order chi connectivity index (χ1) is 10.4. The molecule has 0 atom stereocenters. The molecule has 0 unspecified atom stereocenters. The standard InChI is InChI=1S/C16H22BrN3O2/c1-11-4-5-12(17)10-13(11)20-14(21)6-9-19-15(22)16(18)7-2-3-8-16/h4-5,10H,2-3,6-9,18H2,1H3,(H,19,22)(H,20,21). The highest BCUT2D eigenvalue weighted by Gasteiger charge is 2.36. The van der Waals surface area contributed by atoms with Crippen molar-refractivity contribution in [2.24, 2.45) is 5.73 Å². The van der Waals surface area contributed by atoms with Gasteiger partial charge in [-0.2, -0.15) is 0 Å². The lowest BCUT2D eigenvalue weighted by Crippen LogP contribution is -2.52. The summed E-state index contributed by atoms with van der Waals surface area (Å²) in [6, 6.07) is 5.71. The quantitative estimate of drug-likeness (QED) is 0.747. The second kappa shape index (κ2) is 7.24. The number of amides is 2. The molecule has 1 fully saturated rings. The van der Waals surface area contributed by atoms with Gasteiger partial charge < -0.3 is 16.4 Å². The largest absolute Gasteiger partial charge is 0.354 e. The maximum absolute atomic E-state index is 12.0. The van der Waals surface area contributed by atoms with Crippen LogP contribution in [0.15, 0.2) is 22.7 Å². The molecule has 0 aromatic heterocycles. The van der Waals surface area contributed by atoms with Crippen molar-refractivity contribution in [1.82, 2.24) is 5.32 Å². The maximum Gasteiger partial charge on any atom is 0.240 e.